The minimum Gasteiger partial charge on any atom is -0.457 e. The van der Waals surface area contributed by atoms with Crippen molar-refractivity contribution in [2.24, 2.45) is 5.92 Å². The van der Waals surface area contributed by atoms with Gasteiger partial charge in [-0.05, 0) is 42.5 Å². The van der Waals surface area contributed by atoms with Crippen LogP contribution in [0.1, 0.15) is 45.5 Å². The highest BCUT2D eigenvalue weighted by atomic mass is 16.6. The number of aliphatic hydroxyl groups is 1. The molecule has 2 atom stereocenters. The molecule has 0 spiro atoms. The Morgan fingerprint density at radius 3 is 2.35 bits per heavy atom. The maximum Gasteiger partial charge on any atom is 0.417 e. The Bertz CT molecular complexity index is 1600. The number of aliphatic hydroxyl groups excluding tert-OH is 1. The molecule has 5 rings (SSSR count). The summed E-state index contributed by atoms with van der Waals surface area (Å²) in [6.07, 6.45) is 0.447. The Morgan fingerprint density at radius 1 is 0.913 bits per heavy atom. The van der Waals surface area contributed by atoms with E-state index in [0.29, 0.717) is 38.4 Å². The normalized spacial score (nSPS) is 15.1. The first-order valence-corrected chi connectivity index (χ1v) is 15.5. The summed E-state index contributed by atoms with van der Waals surface area (Å²) in [6, 6.07) is 27.4. The van der Waals surface area contributed by atoms with E-state index >= 15 is 0 Å². The molecule has 0 bridgehead atoms. The van der Waals surface area contributed by atoms with E-state index in [9.17, 15) is 14.4 Å². The monoisotopic (exact) mass is 625 g/mol. The second-order valence-electron chi connectivity index (χ2n) is 11.2. The van der Waals surface area contributed by atoms with E-state index in [0.717, 1.165) is 32.7 Å². The van der Waals surface area contributed by atoms with Crippen LogP contribution in [0.25, 0.3) is 11.1 Å². The summed E-state index contributed by atoms with van der Waals surface area (Å²) in [6.45, 7) is 3.49. The number of carbonyl (C=O) groups excluding carboxylic acids is 3. The van der Waals surface area contributed by atoms with Gasteiger partial charge in [-0.3, -0.25) is 9.59 Å². The van der Waals surface area contributed by atoms with Crippen molar-refractivity contribution in [2.45, 2.75) is 32.2 Å². The molecule has 9 nitrogen and oxygen atoms in total. The van der Waals surface area contributed by atoms with Crippen LogP contribution in [0.5, 0.6) is 0 Å². The number of nitrogens with zero attached hydrogens (tertiary/aromatic N) is 1. The lowest BCUT2D eigenvalue weighted by molar-refractivity contribution is -0.132. The Labute approximate surface area is 268 Å². The van der Waals surface area contributed by atoms with Gasteiger partial charge in [0.2, 0.25) is 11.7 Å². The van der Waals surface area contributed by atoms with Crippen molar-refractivity contribution in [3.63, 3.8) is 0 Å². The van der Waals surface area contributed by atoms with Gasteiger partial charge in [0, 0.05) is 18.6 Å². The molecule has 2 amide bonds. The van der Waals surface area contributed by atoms with Crippen molar-refractivity contribution >= 4 is 17.8 Å². The van der Waals surface area contributed by atoms with Crippen molar-refractivity contribution in [1.82, 2.24) is 4.90 Å². The third kappa shape index (κ3) is 8.17. The van der Waals surface area contributed by atoms with E-state index in [2.05, 4.69) is 0 Å². The summed E-state index contributed by atoms with van der Waals surface area (Å²) in [5.74, 6) is -1.67. The highest BCUT2D eigenvalue weighted by molar-refractivity contribution is 6.12. The number of rotatable bonds is 16. The average molecular weight is 626 g/mol. The fraction of sp³-hybridized carbons (Fsp3) is 0.324. The zero-order chi connectivity index (χ0) is 32.3. The molecule has 1 fully saturated rings. The molecule has 0 unspecified atom stereocenters. The fourth-order valence-electron chi connectivity index (χ4n) is 5.58. The predicted molar refractivity (Wildman–Crippen MR) is 171 cm³/mol. The highest BCUT2D eigenvalue weighted by Crippen LogP contribution is 2.34. The van der Waals surface area contributed by atoms with Gasteiger partial charge in [0.15, 0.2) is 5.76 Å². The quantitative estimate of drug-likeness (QED) is 0.0920. The molecule has 2 heterocycles. The number of carbonyl (C=O) groups is 3. The number of furan rings is 1. The maximum atomic E-state index is 14.3. The Morgan fingerprint density at radius 2 is 1.63 bits per heavy atom. The van der Waals surface area contributed by atoms with E-state index in [1.165, 1.54) is 0 Å². The molecule has 0 saturated carbocycles. The zero-order valence-corrected chi connectivity index (χ0v) is 25.9. The minimum absolute atomic E-state index is 0.0128. The van der Waals surface area contributed by atoms with Gasteiger partial charge in [-0.15, -0.1) is 0 Å². The lowest BCUT2D eigenvalue weighted by atomic mass is 9.91. The van der Waals surface area contributed by atoms with Crippen LogP contribution in [-0.4, -0.2) is 67.4 Å². The lowest BCUT2D eigenvalue weighted by Crippen LogP contribution is -2.42. The van der Waals surface area contributed by atoms with Gasteiger partial charge in [0.1, 0.15) is 24.3 Å². The van der Waals surface area contributed by atoms with E-state index in [1.807, 2.05) is 91.9 Å². The van der Waals surface area contributed by atoms with Gasteiger partial charge < -0.3 is 23.7 Å². The summed E-state index contributed by atoms with van der Waals surface area (Å²) < 4.78 is 22.5. The zero-order valence-electron chi connectivity index (χ0n) is 25.9. The summed E-state index contributed by atoms with van der Waals surface area (Å²) in [7, 11) is 0. The first-order chi connectivity index (χ1) is 22.5. The van der Waals surface area contributed by atoms with E-state index < -0.39 is 29.7 Å². The molecular weight excluding hydrogens is 586 g/mol. The first-order valence-electron chi connectivity index (χ1n) is 15.5. The van der Waals surface area contributed by atoms with Gasteiger partial charge in [-0.1, -0.05) is 90.5 Å². The molecule has 240 valence electrons. The Balaban J connectivity index is 1.43. The number of imide groups is 1. The molecule has 1 aliphatic heterocycles. The number of cyclic esters (lactones) is 1. The number of benzene rings is 3. The maximum absolute atomic E-state index is 14.3. The minimum atomic E-state index is -1.22. The lowest BCUT2D eigenvalue weighted by Gasteiger charge is -2.24. The van der Waals surface area contributed by atoms with Crippen LogP contribution in [0.4, 0.5) is 4.79 Å². The molecular formula is C37H39NO8. The van der Waals surface area contributed by atoms with Gasteiger partial charge in [-0.25, -0.2) is 9.69 Å². The van der Waals surface area contributed by atoms with Crippen molar-refractivity contribution in [3.05, 3.63) is 119 Å². The van der Waals surface area contributed by atoms with Crippen LogP contribution in [-0.2, 0) is 31.8 Å². The second-order valence-corrected chi connectivity index (χ2v) is 11.2. The molecule has 4 aromatic rings. The molecule has 9 heteroatoms. The summed E-state index contributed by atoms with van der Waals surface area (Å²) in [5, 5.41) is 8.83. The molecule has 3 aromatic carbocycles. The van der Waals surface area contributed by atoms with Crippen LogP contribution < -0.4 is 0 Å². The van der Waals surface area contributed by atoms with Crippen LogP contribution in [0.2, 0.25) is 0 Å². The van der Waals surface area contributed by atoms with E-state index in [4.69, 9.17) is 23.7 Å². The largest absolute Gasteiger partial charge is 0.457 e. The Hall–Kier alpha value is -4.57. The van der Waals surface area contributed by atoms with Gasteiger partial charge in [-0.2, -0.15) is 0 Å². The molecule has 1 N–H and O–H groups in total. The third-order valence-electron chi connectivity index (χ3n) is 7.87. The van der Waals surface area contributed by atoms with E-state index in [-0.39, 0.29) is 32.0 Å². The standard InChI is InChI=1S/C37H39NO8/c1-26-10-8-15-29(22-26)30-24-34(46-33(30)16-9-18-43-20-21-44-19-17-39)35(40)31(23-27-11-4-2-5-12-27)36(41)38-32(25-45-37(38)42)28-13-6-3-7-14-28/h2-8,10-15,22,24,31-32,39H,9,16-21,23,25H2,1H3/t31-,32-/m1/s1. The second kappa shape index (κ2) is 16.1. The Kier molecular flexibility index (Phi) is 11.5. The molecule has 0 radical (unpaired) electrons. The molecule has 0 aliphatic carbocycles. The van der Waals surface area contributed by atoms with Crippen molar-refractivity contribution in [3.8, 4) is 11.1 Å². The van der Waals surface area contributed by atoms with E-state index in [1.54, 1.807) is 6.07 Å². The van der Waals surface area contributed by atoms with Crippen molar-refractivity contribution in [1.29, 1.82) is 0 Å². The number of hydrogen-bond donors (Lipinski definition) is 1. The van der Waals surface area contributed by atoms with Gasteiger partial charge in [0.05, 0.1) is 26.4 Å². The number of ether oxygens (including phenoxy) is 3. The predicted octanol–water partition coefficient (Wildman–Crippen LogP) is 5.97. The van der Waals surface area contributed by atoms with Crippen molar-refractivity contribution < 1.29 is 38.1 Å². The third-order valence-corrected chi connectivity index (χ3v) is 7.87. The van der Waals surface area contributed by atoms with Crippen LogP contribution in [0.15, 0.2) is 95.4 Å². The fourth-order valence-corrected chi connectivity index (χ4v) is 5.58. The molecule has 1 saturated heterocycles. The number of amides is 2. The van der Waals surface area contributed by atoms with Crippen LogP contribution in [0.3, 0.4) is 0 Å². The topological polar surface area (TPSA) is 116 Å². The molecule has 1 aromatic heterocycles. The average Bonchev–Trinajstić information content (AvgIpc) is 3.69. The van der Waals surface area contributed by atoms with Gasteiger partial charge >= 0.3 is 6.09 Å². The smallest absolute Gasteiger partial charge is 0.417 e. The number of hydrogen-bond acceptors (Lipinski definition) is 8. The number of aryl methyl sites for hydroxylation is 2. The van der Waals surface area contributed by atoms with Crippen molar-refractivity contribution in [2.75, 3.05) is 39.6 Å². The summed E-state index contributed by atoms with van der Waals surface area (Å²) in [5.41, 5.74) is 4.25. The molecule has 1 aliphatic rings. The molecule has 46 heavy (non-hydrogen) atoms. The van der Waals surface area contributed by atoms with Gasteiger partial charge in [0.25, 0.3) is 0 Å². The van der Waals surface area contributed by atoms with Crippen LogP contribution >= 0.6 is 0 Å². The summed E-state index contributed by atoms with van der Waals surface area (Å²) >= 11 is 0. The SMILES string of the molecule is Cc1cccc(-c2cc(C(=O)[C@@H](Cc3ccccc3)C(=O)N3C(=O)OC[C@@H]3c3ccccc3)oc2CCCOCCOCCO)c1. The summed E-state index contributed by atoms with van der Waals surface area (Å²) in [4.78, 5) is 42.6. The number of ketones is 1. The highest BCUT2D eigenvalue weighted by Gasteiger charge is 2.44. The first kappa shape index (κ1) is 32.8. The van der Waals surface area contributed by atoms with Crippen LogP contribution in [0, 0.1) is 12.8 Å². The number of Topliss-reactive ketones (excluding diaryl/α,β-unsaturated/α-hetero) is 1.